The maximum absolute atomic E-state index is 2.24. The Morgan fingerprint density at radius 1 is 0.267 bits per heavy atom. The van der Waals surface area contributed by atoms with E-state index in [1.807, 2.05) is 0 Å². The van der Waals surface area contributed by atoms with E-state index in [-0.39, 0.29) is 0 Å². The van der Waals surface area contributed by atoms with Crippen molar-refractivity contribution in [3.8, 4) is 0 Å². The first-order valence-corrected chi connectivity index (χ1v) is 10.6. The predicted molar refractivity (Wildman–Crippen MR) is 129 cm³/mol. The van der Waals surface area contributed by atoms with E-state index in [2.05, 4.69) is 121 Å². The van der Waals surface area contributed by atoms with Gasteiger partial charge in [0.25, 0.3) is 0 Å². The fourth-order valence-electron chi connectivity index (χ4n) is 4.44. The van der Waals surface area contributed by atoms with Crippen LogP contribution >= 0.6 is 0 Å². The lowest BCUT2D eigenvalue weighted by Crippen LogP contribution is -2.05. The lowest BCUT2D eigenvalue weighted by Gasteiger charge is -2.28. The summed E-state index contributed by atoms with van der Waals surface area (Å²) in [6.07, 6.45) is 1.87. The number of hydrogen-bond donors (Lipinski definition) is 0. The van der Waals surface area contributed by atoms with Crippen molar-refractivity contribution in [3.05, 3.63) is 144 Å². The molecule has 0 N–H and O–H groups in total. The molecular weight excluding hydrogens is 360 g/mol. The van der Waals surface area contributed by atoms with Crippen molar-refractivity contribution in [2.24, 2.45) is 0 Å². The van der Waals surface area contributed by atoms with Crippen LogP contribution in [0.1, 0.15) is 35.1 Å². The minimum atomic E-state index is 0.933. The Labute approximate surface area is 178 Å². The van der Waals surface area contributed by atoms with Crippen LogP contribution in [-0.4, -0.2) is 0 Å². The second-order valence-corrected chi connectivity index (χ2v) is 7.73. The average molecular weight is 385 g/mol. The fourth-order valence-corrected chi connectivity index (χ4v) is 4.44. The van der Waals surface area contributed by atoms with Crippen LogP contribution < -0.4 is 0 Å². The maximum atomic E-state index is 2.24. The van der Waals surface area contributed by atoms with Gasteiger partial charge in [0.15, 0.2) is 0 Å². The molecule has 4 aromatic rings. The maximum Gasteiger partial charge on any atom is -0.000775 e. The molecule has 30 heavy (non-hydrogen) atoms. The van der Waals surface area contributed by atoms with Crippen LogP contribution in [0.15, 0.2) is 121 Å². The molecule has 0 amide bonds. The summed E-state index contributed by atoms with van der Waals surface area (Å²) >= 11 is 0. The molecule has 144 valence electrons. The van der Waals surface area contributed by atoms with E-state index in [9.17, 15) is 0 Å². The van der Waals surface area contributed by atoms with Crippen molar-refractivity contribution in [2.75, 3.05) is 0 Å². The van der Waals surface area contributed by atoms with Crippen LogP contribution in [0.3, 0.4) is 0 Å². The average Bonchev–Trinajstić information content (AvgIpc) is 2.85. The smallest absolute Gasteiger partial charge is 0.000775 e. The molecule has 0 unspecified atom stereocenters. The highest BCUT2D eigenvalue weighted by molar-refractivity contribution is 6.08. The van der Waals surface area contributed by atoms with Gasteiger partial charge >= 0.3 is 0 Å². The van der Waals surface area contributed by atoms with Gasteiger partial charge in [-0.2, -0.15) is 0 Å². The largest absolute Gasteiger partial charge is 0.0622 e. The normalized spacial score (nSPS) is 14.1. The first-order valence-electron chi connectivity index (χ1n) is 10.6. The minimum Gasteiger partial charge on any atom is -0.0622 e. The first kappa shape index (κ1) is 18.4. The van der Waals surface area contributed by atoms with Gasteiger partial charge in [-0.15, -0.1) is 0 Å². The standard InChI is InChI=1S/C30H24/c1-5-13-23(14-6-1)27-21-29(25-17-9-3-10-18-25)30(26-19-11-4-12-20-26)22-28(27)24-15-7-2-8-16-24/h1-20H,21-22H2. The number of rotatable bonds is 4. The van der Waals surface area contributed by atoms with Crippen LogP contribution in [-0.2, 0) is 0 Å². The van der Waals surface area contributed by atoms with Gasteiger partial charge in [0.05, 0.1) is 0 Å². The fraction of sp³-hybridized carbons (Fsp3) is 0.0667. The monoisotopic (exact) mass is 384 g/mol. The third-order valence-corrected chi connectivity index (χ3v) is 5.92. The highest BCUT2D eigenvalue weighted by Crippen LogP contribution is 2.47. The van der Waals surface area contributed by atoms with E-state index in [0.717, 1.165) is 12.8 Å². The molecule has 1 aliphatic carbocycles. The highest BCUT2D eigenvalue weighted by Gasteiger charge is 2.24. The van der Waals surface area contributed by atoms with Gasteiger partial charge in [-0.25, -0.2) is 0 Å². The zero-order valence-corrected chi connectivity index (χ0v) is 17.0. The van der Waals surface area contributed by atoms with Crippen molar-refractivity contribution >= 4 is 22.3 Å². The van der Waals surface area contributed by atoms with E-state index in [0.29, 0.717) is 0 Å². The highest BCUT2D eigenvalue weighted by atomic mass is 14.3. The second kappa shape index (κ2) is 8.39. The molecule has 0 fully saturated rings. The van der Waals surface area contributed by atoms with Crippen LogP contribution in [0.5, 0.6) is 0 Å². The predicted octanol–water partition coefficient (Wildman–Crippen LogP) is 8.00. The zero-order valence-electron chi connectivity index (χ0n) is 17.0. The summed E-state index contributed by atoms with van der Waals surface area (Å²) in [4.78, 5) is 0. The Bertz CT molecular complexity index is 988. The Morgan fingerprint density at radius 3 is 0.667 bits per heavy atom. The summed E-state index contributed by atoms with van der Waals surface area (Å²) in [6.45, 7) is 0. The van der Waals surface area contributed by atoms with Crippen LogP contribution in [0.2, 0.25) is 0 Å². The van der Waals surface area contributed by atoms with Crippen LogP contribution in [0.25, 0.3) is 22.3 Å². The molecule has 0 saturated carbocycles. The van der Waals surface area contributed by atoms with Gasteiger partial charge in [-0.3, -0.25) is 0 Å². The Kier molecular flexibility index (Phi) is 5.14. The second-order valence-electron chi connectivity index (χ2n) is 7.73. The zero-order chi connectivity index (χ0) is 20.2. The number of hydrogen-bond acceptors (Lipinski definition) is 0. The molecule has 0 heteroatoms. The molecule has 0 spiro atoms. The van der Waals surface area contributed by atoms with Crippen LogP contribution in [0, 0.1) is 0 Å². The summed E-state index contributed by atoms with van der Waals surface area (Å²) in [5, 5.41) is 0. The minimum absolute atomic E-state index is 0.933. The van der Waals surface area contributed by atoms with Gasteiger partial charge < -0.3 is 0 Å². The summed E-state index contributed by atoms with van der Waals surface area (Å²) in [6, 6.07) is 43.5. The number of allylic oxidation sites excluding steroid dienone is 4. The van der Waals surface area contributed by atoms with Gasteiger partial charge in [0.1, 0.15) is 0 Å². The molecule has 0 saturated heterocycles. The lowest BCUT2D eigenvalue weighted by atomic mass is 9.76. The lowest BCUT2D eigenvalue weighted by molar-refractivity contribution is 1.27. The molecule has 0 atom stereocenters. The first-order chi connectivity index (χ1) is 14.9. The summed E-state index contributed by atoms with van der Waals surface area (Å²) in [5.74, 6) is 0. The van der Waals surface area contributed by atoms with Gasteiger partial charge in [-0.1, -0.05) is 121 Å². The van der Waals surface area contributed by atoms with E-state index < -0.39 is 0 Å². The summed E-state index contributed by atoms with van der Waals surface area (Å²) in [5.41, 5.74) is 11.0. The Hall–Kier alpha value is -3.64. The third kappa shape index (κ3) is 3.65. The quantitative estimate of drug-likeness (QED) is 0.334. The van der Waals surface area contributed by atoms with E-state index in [4.69, 9.17) is 0 Å². The van der Waals surface area contributed by atoms with Crippen molar-refractivity contribution in [1.82, 2.24) is 0 Å². The van der Waals surface area contributed by atoms with Gasteiger partial charge in [-0.05, 0) is 57.4 Å². The molecule has 0 radical (unpaired) electrons. The molecule has 5 rings (SSSR count). The topological polar surface area (TPSA) is 0 Å². The van der Waals surface area contributed by atoms with E-state index in [1.165, 1.54) is 44.5 Å². The molecule has 4 aromatic carbocycles. The molecule has 0 aliphatic heterocycles. The molecular formula is C30H24. The molecule has 0 heterocycles. The van der Waals surface area contributed by atoms with E-state index >= 15 is 0 Å². The van der Waals surface area contributed by atoms with Crippen molar-refractivity contribution in [1.29, 1.82) is 0 Å². The van der Waals surface area contributed by atoms with Gasteiger partial charge in [0.2, 0.25) is 0 Å². The Morgan fingerprint density at radius 2 is 0.467 bits per heavy atom. The molecule has 0 aromatic heterocycles. The Balaban J connectivity index is 1.72. The molecule has 0 bridgehead atoms. The SMILES string of the molecule is c1ccc(C2=C(c3ccccc3)CC(c3ccccc3)=C(c3ccccc3)C2)cc1. The van der Waals surface area contributed by atoms with Gasteiger partial charge in [0, 0.05) is 0 Å². The van der Waals surface area contributed by atoms with Crippen molar-refractivity contribution < 1.29 is 0 Å². The molecule has 0 nitrogen and oxygen atoms in total. The molecule has 1 aliphatic rings. The summed E-state index contributed by atoms with van der Waals surface area (Å²) in [7, 11) is 0. The number of benzene rings is 4. The van der Waals surface area contributed by atoms with Crippen molar-refractivity contribution in [2.45, 2.75) is 12.8 Å². The van der Waals surface area contributed by atoms with E-state index in [1.54, 1.807) is 0 Å². The summed E-state index contributed by atoms with van der Waals surface area (Å²) < 4.78 is 0. The third-order valence-electron chi connectivity index (χ3n) is 5.92. The van der Waals surface area contributed by atoms with Crippen molar-refractivity contribution in [3.63, 3.8) is 0 Å². The van der Waals surface area contributed by atoms with Crippen LogP contribution in [0.4, 0.5) is 0 Å².